The minimum Gasteiger partial charge on any atom is -0.313 e. The van der Waals surface area contributed by atoms with Crippen molar-refractivity contribution < 1.29 is 0 Å². The number of nitrogens with zero attached hydrogens (tertiary/aromatic N) is 1. The predicted molar refractivity (Wildman–Crippen MR) is 79.9 cm³/mol. The molecule has 0 aliphatic rings. The van der Waals surface area contributed by atoms with Gasteiger partial charge in [-0.25, -0.2) is 4.98 Å². The van der Waals surface area contributed by atoms with Crippen molar-refractivity contribution in [3.63, 3.8) is 0 Å². The second-order valence-electron chi connectivity index (χ2n) is 3.80. The highest BCUT2D eigenvalue weighted by Crippen LogP contribution is 2.29. The highest BCUT2D eigenvalue weighted by Gasteiger charge is 2.04. The van der Waals surface area contributed by atoms with E-state index in [9.17, 15) is 0 Å². The maximum atomic E-state index is 4.39. The first-order valence-electron chi connectivity index (χ1n) is 5.87. The fraction of sp³-hybridized carbons (Fsp3) is 0.214. The molecule has 1 heterocycles. The summed E-state index contributed by atoms with van der Waals surface area (Å²) in [6.07, 6.45) is 1.83. The molecule has 2 aromatic rings. The first-order chi connectivity index (χ1) is 8.79. The van der Waals surface area contributed by atoms with Crippen LogP contribution >= 0.6 is 27.7 Å². The predicted octanol–water partition coefficient (Wildman–Crippen LogP) is 4.10. The van der Waals surface area contributed by atoms with E-state index in [0.717, 1.165) is 22.6 Å². The van der Waals surface area contributed by atoms with E-state index in [2.05, 4.69) is 57.4 Å². The molecule has 0 radical (unpaired) electrons. The van der Waals surface area contributed by atoms with Gasteiger partial charge in [0.1, 0.15) is 5.03 Å². The van der Waals surface area contributed by atoms with Gasteiger partial charge in [0.2, 0.25) is 0 Å². The molecule has 2 nitrogen and oxygen atoms in total. The molecule has 1 aromatic carbocycles. The number of halogens is 1. The van der Waals surface area contributed by atoms with Crippen molar-refractivity contribution in [2.24, 2.45) is 0 Å². The summed E-state index contributed by atoms with van der Waals surface area (Å²) in [6, 6.07) is 12.5. The maximum Gasteiger partial charge on any atom is 0.101 e. The SMILES string of the molecule is CCNCc1ccccc1Sc1ccc(Br)cn1. The molecule has 0 spiro atoms. The number of nitrogens with one attached hydrogen (secondary N) is 1. The first-order valence-corrected chi connectivity index (χ1v) is 7.48. The van der Waals surface area contributed by atoms with Gasteiger partial charge in [0.05, 0.1) is 0 Å². The van der Waals surface area contributed by atoms with Crippen LogP contribution < -0.4 is 5.32 Å². The third-order valence-corrected chi connectivity index (χ3v) is 3.99. The van der Waals surface area contributed by atoms with E-state index in [4.69, 9.17) is 0 Å². The van der Waals surface area contributed by atoms with Gasteiger partial charge >= 0.3 is 0 Å². The van der Waals surface area contributed by atoms with Crippen LogP contribution in [0.4, 0.5) is 0 Å². The summed E-state index contributed by atoms with van der Waals surface area (Å²) in [5, 5.41) is 4.37. The van der Waals surface area contributed by atoms with Crippen molar-refractivity contribution in [3.05, 3.63) is 52.6 Å². The smallest absolute Gasteiger partial charge is 0.101 e. The highest BCUT2D eigenvalue weighted by molar-refractivity contribution is 9.10. The lowest BCUT2D eigenvalue weighted by molar-refractivity contribution is 0.718. The molecular weight excluding hydrogens is 308 g/mol. The van der Waals surface area contributed by atoms with Crippen molar-refractivity contribution in [1.82, 2.24) is 10.3 Å². The van der Waals surface area contributed by atoms with Crippen LogP contribution in [-0.2, 0) is 6.54 Å². The van der Waals surface area contributed by atoms with Gasteiger partial charge in [0.15, 0.2) is 0 Å². The van der Waals surface area contributed by atoms with E-state index in [0.29, 0.717) is 0 Å². The maximum absolute atomic E-state index is 4.39. The Hall–Kier alpha value is -0.840. The Labute approximate surface area is 120 Å². The number of hydrogen-bond acceptors (Lipinski definition) is 3. The van der Waals surface area contributed by atoms with E-state index < -0.39 is 0 Å². The molecule has 0 aliphatic heterocycles. The Bertz CT molecular complexity index is 499. The minimum absolute atomic E-state index is 0.899. The lowest BCUT2D eigenvalue weighted by Gasteiger charge is -2.08. The molecule has 94 valence electrons. The molecule has 0 aliphatic carbocycles. The average Bonchev–Trinajstić information content (AvgIpc) is 2.40. The molecule has 1 aromatic heterocycles. The summed E-state index contributed by atoms with van der Waals surface area (Å²) in [7, 11) is 0. The minimum atomic E-state index is 0.899. The summed E-state index contributed by atoms with van der Waals surface area (Å²) in [6.45, 7) is 4.00. The van der Waals surface area contributed by atoms with Crippen molar-refractivity contribution in [2.75, 3.05) is 6.54 Å². The van der Waals surface area contributed by atoms with Gasteiger partial charge in [-0.05, 0) is 46.2 Å². The normalized spacial score (nSPS) is 10.6. The van der Waals surface area contributed by atoms with Crippen molar-refractivity contribution >= 4 is 27.7 Å². The van der Waals surface area contributed by atoms with Crippen LogP contribution in [0.2, 0.25) is 0 Å². The second-order valence-corrected chi connectivity index (χ2v) is 5.78. The monoisotopic (exact) mass is 322 g/mol. The van der Waals surface area contributed by atoms with Gasteiger partial charge in [0.25, 0.3) is 0 Å². The molecule has 2 rings (SSSR count). The molecule has 0 fully saturated rings. The van der Waals surface area contributed by atoms with Gasteiger partial charge in [-0.1, -0.05) is 36.9 Å². The Kier molecular flexibility index (Phi) is 5.23. The Morgan fingerprint density at radius 3 is 2.78 bits per heavy atom. The number of hydrogen-bond donors (Lipinski definition) is 1. The first kappa shape index (κ1) is 13.6. The van der Waals surface area contributed by atoms with E-state index in [1.807, 2.05) is 18.3 Å². The standard InChI is InChI=1S/C14H15BrN2S/c1-2-16-9-11-5-3-4-6-13(11)18-14-8-7-12(15)10-17-14/h3-8,10,16H,2,9H2,1H3. The van der Waals surface area contributed by atoms with Crippen molar-refractivity contribution in [2.45, 2.75) is 23.4 Å². The summed E-state index contributed by atoms with van der Waals surface area (Å²) >= 11 is 5.10. The molecule has 0 amide bonds. The van der Waals surface area contributed by atoms with Crippen LogP contribution in [-0.4, -0.2) is 11.5 Å². The molecule has 0 saturated carbocycles. The molecule has 18 heavy (non-hydrogen) atoms. The fourth-order valence-electron chi connectivity index (χ4n) is 1.54. The Morgan fingerprint density at radius 1 is 1.22 bits per heavy atom. The zero-order chi connectivity index (χ0) is 12.8. The molecule has 0 saturated heterocycles. The Morgan fingerprint density at radius 2 is 2.06 bits per heavy atom. The van der Waals surface area contributed by atoms with Gasteiger partial charge in [-0.15, -0.1) is 0 Å². The van der Waals surface area contributed by atoms with Gasteiger partial charge in [-0.3, -0.25) is 0 Å². The molecule has 1 N–H and O–H groups in total. The summed E-state index contributed by atoms with van der Waals surface area (Å²) in [4.78, 5) is 5.65. The third-order valence-electron chi connectivity index (χ3n) is 2.45. The molecule has 0 bridgehead atoms. The van der Waals surface area contributed by atoms with Crippen molar-refractivity contribution in [3.8, 4) is 0 Å². The van der Waals surface area contributed by atoms with Crippen LogP contribution in [0.1, 0.15) is 12.5 Å². The molecular formula is C14H15BrN2S. The number of pyridine rings is 1. The average molecular weight is 323 g/mol. The zero-order valence-electron chi connectivity index (χ0n) is 10.2. The van der Waals surface area contributed by atoms with Crippen LogP contribution in [0.5, 0.6) is 0 Å². The van der Waals surface area contributed by atoms with E-state index in [1.54, 1.807) is 11.8 Å². The van der Waals surface area contributed by atoms with Crippen LogP contribution in [0.15, 0.2) is 57.0 Å². The van der Waals surface area contributed by atoms with E-state index >= 15 is 0 Å². The Balaban J connectivity index is 2.15. The second kappa shape index (κ2) is 6.92. The molecule has 4 heteroatoms. The largest absolute Gasteiger partial charge is 0.313 e. The highest BCUT2D eigenvalue weighted by atomic mass is 79.9. The third kappa shape index (κ3) is 3.83. The number of aromatic nitrogens is 1. The van der Waals surface area contributed by atoms with E-state index in [1.165, 1.54) is 10.5 Å². The lowest BCUT2D eigenvalue weighted by atomic mass is 10.2. The summed E-state index contributed by atoms with van der Waals surface area (Å²) in [5.41, 5.74) is 1.31. The quantitative estimate of drug-likeness (QED) is 0.896. The molecule has 0 unspecified atom stereocenters. The zero-order valence-corrected chi connectivity index (χ0v) is 12.6. The van der Waals surface area contributed by atoms with Crippen LogP contribution in [0.3, 0.4) is 0 Å². The van der Waals surface area contributed by atoms with Gasteiger partial charge in [-0.2, -0.15) is 0 Å². The van der Waals surface area contributed by atoms with Gasteiger partial charge in [0, 0.05) is 22.1 Å². The van der Waals surface area contributed by atoms with Crippen LogP contribution in [0, 0.1) is 0 Å². The molecule has 0 atom stereocenters. The summed E-state index contributed by atoms with van der Waals surface area (Å²) in [5.74, 6) is 0. The van der Waals surface area contributed by atoms with Crippen molar-refractivity contribution in [1.29, 1.82) is 0 Å². The lowest BCUT2D eigenvalue weighted by Crippen LogP contribution is -2.12. The van der Waals surface area contributed by atoms with E-state index in [-0.39, 0.29) is 0 Å². The number of rotatable bonds is 5. The summed E-state index contributed by atoms with van der Waals surface area (Å²) < 4.78 is 1.01. The van der Waals surface area contributed by atoms with Gasteiger partial charge < -0.3 is 5.32 Å². The van der Waals surface area contributed by atoms with Crippen LogP contribution in [0.25, 0.3) is 0 Å². The topological polar surface area (TPSA) is 24.9 Å². The number of benzene rings is 1. The fourth-order valence-corrected chi connectivity index (χ4v) is 2.66.